The van der Waals surface area contributed by atoms with Gasteiger partial charge in [0.15, 0.2) is 0 Å². The van der Waals surface area contributed by atoms with Crippen LogP contribution in [0.1, 0.15) is 0 Å². The summed E-state index contributed by atoms with van der Waals surface area (Å²) in [5, 5.41) is 1.74. The van der Waals surface area contributed by atoms with Crippen LogP contribution in [0.4, 0.5) is 0 Å². The van der Waals surface area contributed by atoms with Crippen LogP contribution >= 0.6 is 59.4 Å². The highest BCUT2D eigenvalue weighted by atomic mass is 79.9. The van der Waals surface area contributed by atoms with Crippen LogP contribution in [0.5, 0.6) is 0 Å². The minimum atomic E-state index is 0.0363. The lowest BCUT2D eigenvalue weighted by Crippen LogP contribution is -2.26. The monoisotopic (exact) mass is 326 g/mol. The highest BCUT2D eigenvalue weighted by Crippen LogP contribution is 2.24. The minimum absolute atomic E-state index is 0.0363. The summed E-state index contributed by atoms with van der Waals surface area (Å²) < 4.78 is 0.0363. The van der Waals surface area contributed by atoms with Crippen LogP contribution in [0.2, 0.25) is 0 Å². The average Bonchev–Trinajstić information content (AvgIpc) is 1.87. The Morgan fingerprint density at radius 3 is 1.62 bits per heavy atom. The van der Waals surface area contributed by atoms with E-state index in [9.17, 15) is 0 Å². The molecule has 0 spiro atoms. The molecule has 0 aliphatic carbocycles. The van der Waals surface area contributed by atoms with E-state index in [0.717, 1.165) is 10.7 Å². The van der Waals surface area contributed by atoms with Crippen LogP contribution < -0.4 is 0 Å². The highest BCUT2D eigenvalue weighted by Gasteiger charge is 2.21. The van der Waals surface area contributed by atoms with E-state index >= 15 is 0 Å². The quantitative estimate of drug-likeness (QED) is 0.698. The minimum Gasteiger partial charge on any atom is -0.125 e. The van der Waals surface area contributed by atoms with Gasteiger partial charge in [-0.15, -0.1) is 11.6 Å². The maximum absolute atomic E-state index is 5.60. The van der Waals surface area contributed by atoms with Crippen LogP contribution in [0.15, 0.2) is 0 Å². The maximum Gasteiger partial charge on any atom is 0.0585 e. The molecule has 0 saturated heterocycles. The second kappa shape index (κ2) is 4.53. The van der Waals surface area contributed by atoms with E-state index in [-0.39, 0.29) is 4.32 Å². The van der Waals surface area contributed by atoms with Crippen molar-refractivity contribution in [3.63, 3.8) is 0 Å². The standard InChI is InChI=1S/C4H6Br3Cl/c5-1-4(7,2-6)3-8/h1-3H2. The van der Waals surface area contributed by atoms with Crippen molar-refractivity contribution < 1.29 is 0 Å². The van der Waals surface area contributed by atoms with Gasteiger partial charge in [0.05, 0.1) is 4.32 Å². The molecule has 0 aromatic carbocycles. The zero-order chi connectivity index (χ0) is 6.62. The molecule has 0 heterocycles. The van der Waals surface area contributed by atoms with Gasteiger partial charge in [-0.25, -0.2) is 0 Å². The molecule has 0 rings (SSSR count). The molecule has 0 aromatic heterocycles. The molecule has 4 heteroatoms. The fourth-order valence-electron chi connectivity index (χ4n) is 0.107. The first kappa shape index (κ1) is 9.73. The Labute approximate surface area is 79.7 Å². The van der Waals surface area contributed by atoms with Gasteiger partial charge >= 0.3 is 0 Å². The molecule has 0 nitrogen and oxygen atoms in total. The van der Waals surface area contributed by atoms with Crippen molar-refractivity contribution >= 4 is 59.4 Å². The summed E-state index contributed by atoms with van der Waals surface area (Å²) in [6.07, 6.45) is 0. The third-order valence-electron chi connectivity index (χ3n) is 0.718. The second-order valence-corrected chi connectivity index (χ2v) is 4.62. The molecule has 0 aromatic rings. The lowest BCUT2D eigenvalue weighted by molar-refractivity contribution is 0.874. The zero-order valence-electron chi connectivity index (χ0n) is 4.13. The Kier molecular flexibility index (Phi) is 5.51. The number of rotatable bonds is 3. The third kappa shape index (κ3) is 3.04. The molecule has 0 N–H and O–H groups in total. The van der Waals surface area contributed by atoms with E-state index in [4.69, 9.17) is 11.6 Å². The van der Waals surface area contributed by atoms with Crippen molar-refractivity contribution in [1.82, 2.24) is 0 Å². The predicted octanol–water partition coefficient (Wildman–Crippen LogP) is 3.15. The summed E-state index contributed by atoms with van der Waals surface area (Å²) in [6.45, 7) is 0. The maximum atomic E-state index is 5.60. The number of hydrogen-bond acceptors (Lipinski definition) is 0. The molecule has 8 heavy (non-hydrogen) atoms. The second-order valence-electron chi connectivity index (χ2n) is 1.55. The molecule has 0 saturated carbocycles. The Morgan fingerprint density at radius 2 is 1.62 bits per heavy atom. The number of hydrogen-bond donors (Lipinski definition) is 0. The topological polar surface area (TPSA) is 0 Å². The lowest BCUT2D eigenvalue weighted by atomic mass is 10.3. The summed E-state index contributed by atoms with van der Waals surface area (Å²) in [4.78, 5) is 0. The Balaban J connectivity index is 3.58. The summed E-state index contributed by atoms with van der Waals surface area (Å²) in [5.41, 5.74) is 0. The van der Waals surface area contributed by atoms with Gasteiger partial charge in [0.25, 0.3) is 0 Å². The van der Waals surface area contributed by atoms with E-state index in [0.29, 0.717) is 5.88 Å². The Hall–Kier alpha value is 1.73. The van der Waals surface area contributed by atoms with Gasteiger partial charge in [-0.1, -0.05) is 47.8 Å². The van der Waals surface area contributed by atoms with E-state index in [1.807, 2.05) is 0 Å². The third-order valence-corrected chi connectivity index (χ3v) is 6.05. The van der Waals surface area contributed by atoms with E-state index in [2.05, 4.69) is 47.8 Å². The molecule has 0 atom stereocenters. The summed E-state index contributed by atoms with van der Waals surface area (Å²) in [7, 11) is 0. The fourth-order valence-corrected chi connectivity index (χ4v) is 2.08. The Bertz CT molecular complexity index is 54.0. The van der Waals surface area contributed by atoms with E-state index in [1.165, 1.54) is 0 Å². The molecule has 0 amide bonds. The van der Waals surface area contributed by atoms with E-state index < -0.39 is 0 Å². The van der Waals surface area contributed by atoms with Crippen molar-refractivity contribution in [3.8, 4) is 0 Å². The molecule has 0 aliphatic rings. The first-order valence-electron chi connectivity index (χ1n) is 2.05. The van der Waals surface area contributed by atoms with Crippen LogP contribution in [-0.2, 0) is 0 Å². The van der Waals surface area contributed by atoms with E-state index in [1.54, 1.807) is 0 Å². The van der Waals surface area contributed by atoms with Gasteiger partial charge in [-0.3, -0.25) is 0 Å². The fraction of sp³-hybridized carbons (Fsp3) is 1.00. The molecule has 50 valence electrons. The van der Waals surface area contributed by atoms with Crippen molar-refractivity contribution in [2.24, 2.45) is 0 Å². The van der Waals surface area contributed by atoms with Crippen molar-refractivity contribution in [1.29, 1.82) is 0 Å². The largest absolute Gasteiger partial charge is 0.125 e. The normalized spacial score (nSPS) is 12.0. The molecule has 0 aliphatic heterocycles. The molecular formula is C4H6Br3Cl. The smallest absolute Gasteiger partial charge is 0.0585 e. The average molecular weight is 329 g/mol. The predicted molar refractivity (Wildman–Crippen MR) is 50.0 cm³/mol. The summed E-state index contributed by atoms with van der Waals surface area (Å²) in [5.74, 6) is 0.615. The summed E-state index contributed by atoms with van der Waals surface area (Å²) >= 11 is 15.7. The van der Waals surface area contributed by atoms with Gasteiger partial charge in [-0.2, -0.15) is 0 Å². The first-order chi connectivity index (χ1) is 3.68. The van der Waals surface area contributed by atoms with Crippen LogP contribution in [0.3, 0.4) is 0 Å². The zero-order valence-corrected chi connectivity index (χ0v) is 9.65. The molecule has 0 fully saturated rings. The molecule has 0 radical (unpaired) electrons. The number of alkyl halides is 4. The lowest BCUT2D eigenvalue weighted by Gasteiger charge is -2.17. The van der Waals surface area contributed by atoms with Gasteiger partial charge in [0.2, 0.25) is 0 Å². The van der Waals surface area contributed by atoms with Crippen LogP contribution in [0.25, 0.3) is 0 Å². The van der Waals surface area contributed by atoms with Crippen molar-refractivity contribution in [3.05, 3.63) is 0 Å². The molecule has 0 bridgehead atoms. The van der Waals surface area contributed by atoms with Gasteiger partial charge in [0.1, 0.15) is 0 Å². The summed E-state index contributed by atoms with van der Waals surface area (Å²) in [6, 6.07) is 0. The van der Waals surface area contributed by atoms with Gasteiger partial charge in [0, 0.05) is 16.5 Å². The Morgan fingerprint density at radius 1 is 1.25 bits per heavy atom. The van der Waals surface area contributed by atoms with Crippen molar-refractivity contribution in [2.75, 3.05) is 16.5 Å². The molecular weight excluding hydrogens is 323 g/mol. The highest BCUT2D eigenvalue weighted by molar-refractivity contribution is 9.13. The van der Waals surface area contributed by atoms with Crippen molar-refractivity contribution in [2.45, 2.75) is 4.32 Å². The molecule has 0 unspecified atom stereocenters. The van der Waals surface area contributed by atoms with Gasteiger partial charge in [-0.05, 0) is 0 Å². The van der Waals surface area contributed by atoms with Crippen LogP contribution in [0, 0.1) is 0 Å². The van der Waals surface area contributed by atoms with Gasteiger partial charge < -0.3 is 0 Å². The first-order valence-corrected chi connectivity index (χ1v) is 5.62. The SMILES string of the molecule is ClCC(Br)(CBr)CBr. The van der Waals surface area contributed by atoms with Crippen LogP contribution in [-0.4, -0.2) is 20.9 Å². The number of halogens is 4.